The zero-order chi connectivity index (χ0) is 14.9. The van der Waals surface area contributed by atoms with E-state index < -0.39 is 0 Å². The third-order valence-corrected chi connectivity index (χ3v) is 3.02. The highest BCUT2D eigenvalue weighted by Crippen LogP contribution is 2.13. The van der Waals surface area contributed by atoms with Crippen molar-refractivity contribution in [2.24, 2.45) is 0 Å². The highest BCUT2D eigenvalue weighted by molar-refractivity contribution is 5.27. The molecule has 0 radical (unpaired) electrons. The molecule has 0 aliphatic heterocycles. The van der Waals surface area contributed by atoms with Gasteiger partial charge in [0.25, 0.3) is 0 Å². The number of methoxy groups -OCH3 is 2. The SMILES string of the molecule is COc1ccc(COCOCc2ccc(OC)cc2)cc1. The first-order valence-corrected chi connectivity index (χ1v) is 6.73. The van der Waals surface area contributed by atoms with Crippen LogP contribution in [0.1, 0.15) is 11.1 Å². The lowest BCUT2D eigenvalue weighted by molar-refractivity contribution is -0.0689. The number of rotatable bonds is 8. The van der Waals surface area contributed by atoms with Gasteiger partial charge in [-0.05, 0) is 35.4 Å². The largest absolute Gasteiger partial charge is 0.497 e. The van der Waals surface area contributed by atoms with E-state index in [4.69, 9.17) is 18.9 Å². The fourth-order valence-corrected chi connectivity index (χ4v) is 1.82. The predicted octanol–water partition coefficient (Wildman–Crippen LogP) is 3.39. The van der Waals surface area contributed by atoms with E-state index in [9.17, 15) is 0 Å². The second kappa shape index (κ2) is 8.29. The lowest BCUT2D eigenvalue weighted by atomic mass is 10.2. The molecule has 0 saturated carbocycles. The van der Waals surface area contributed by atoms with Gasteiger partial charge < -0.3 is 18.9 Å². The van der Waals surface area contributed by atoms with E-state index >= 15 is 0 Å². The van der Waals surface area contributed by atoms with Gasteiger partial charge in [0.1, 0.15) is 18.3 Å². The van der Waals surface area contributed by atoms with Crippen molar-refractivity contribution in [1.82, 2.24) is 0 Å². The molecular formula is C17H20O4. The summed E-state index contributed by atoms with van der Waals surface area (Å²) in [5, 5.41) is 0. The summed E-state index contributed by atoms with van der Waals surface area (Å²) in [6.07, 6.45) is 0. The molecule has 0 heterocycles. The number of hydrogen-bond acceptors (Lipinski definition) is 4. The summed E-state index contributed by atoms with van der Waals surface area (Å²) in [7, 11) is 3.30. The van der Waals surface area contributed by atoms with Crippen LogP contribution < -0.4 is 9.47 Å². The van der Waals surface area contributed by atoms with Gasteiger partial charge >= 0.3 is 0 Å². The molecule has 0 N–H and O–H groups in total. The average Bonchev–Trinajstić information content (AvgIpc) is 2.55. The smallest absolute Gasteiger partial charge is 0.147 e. The van der Waals surface area contributed by atoms with Crippen molar-refractivity contribution in [3.05, 3.63) is 59.7 Å². The minimum atomic E-state index is 0.262. The maximum absolute atomic E-state index is 5.47. The Morgan fingerprint density at radius 1 is 0.619 bits per heavy atom. The molecule has 0 bridgehead atoms. The van der Waals surface area contributed by atoms with Crippen molar-refractivity contribution in [3.63, 3.8) is 0 Å². The molecule has 4 heteroatoms. The lowest BCUT2D eigenvalue weighted by Crippen LogP contribution is -2.01. The summed E-state index contributed by atoms with van der Waals surface area (Å²) in [5.41, 5.74) is 2.17. The van der Waals surface area contributed by atoms with Crippen LogP contribution in [0.15, 0.2) is 48.5 Å². The quantitative estimate of drug-likeness (QED) is 0.551. The topological polar surface area (TPSA) is 36.9 Å². The Bertz CT molecular complexity index is 470. The highest BCUT2D eigenvalue weighted by atomic mass is 16.7. The van der Waals surface area contributed by atoms with E-state index in [1.807, 2.05) is 48.5 Å². The Morgan fingerprint density at radius 2 is 1.00 bits per heavy atom. The average molecular weight is 288 g/mol. The van der Waals surface area contributed by atoms with Crippen LogP contribution in [0.3, 0.4) is 0 Å². The molecule has 2 aromatic carbocycles. The molecule has 0 aromatic heterocycles. The molecule has 0 fully saturated rings. The Balaban J connectivity index is 1.64. The van der Waals surface area contributed by atoms with Gasteiger partial charge in [-0.25, -0.2) is 0 Å². The van der Waals surface area contributed by atoms with Crippen LogP contribution in [-0.4, -0.2) is 21.0 Å². The van der Waals surface area contributed by atoms with Crippen LogP contribution in [0.5, 0.6) is 11.5 Å². The standard InChI is InChI=1S/C17H20O4/c1-18-16-7-3-14(4-8-16)11-20-13-21-12-15-5-9-17(19-2)10-6-15/h3-10H,11-13H2,1-2H3. The van der Waals surface area contributed by atoms with Crippen LogP contribution in [0, 0.1) is 0 Å². The summed E-state index contributed by atoms with van der Waals surface area (Å²) in [4.78, 5) is 0. The van der Waals surface area contributed by atoms with E-state index in [0.717, 1.165) is 22.6 Å². The van der Waals surface area contributed by atoms with Gasteiger partial charge in [0.15, 0.2) is 0 Å². The summed E-state index contributed by atoms with van der Waals surface area (Å²) >= 11 is 0. The van der Waals surface area contributed by atoms with Gasteiger partial charge in [-0.3, -0.25) is 0 Å². The molecular weight excluding hydrogens is 268 g/mol. The second-order valence-electron chi connectivity index (χ2n) is 4.51. The van der Waals surface area contributed by atoms with Crippen molar-refractivity contribution >= 4 is 0 Å². The second-order valence-corrected chi connectivity index (χ2v) is 4.51. The fraction of sp³-hybridized carbons (Fsp3) is 0.294. The fourth-order valence-electron chi connectivity index (χ4n) is 1.82. The first-order valence-electron chi connectivity index (χ1n) is 6.73. The van der Waals surface area contributed by atoms with Gasteiger partial charge in [0.2, 0.25) is 0 Å². The van der Waals surface area contributed by atoms with Crippen molar-refractivity contribution < 1.29 is 18.9 Å². The molecule has 2 rings (SSSR count). The molecule has 21 heavy (non-hydrogen) atoms. The zero-order valence-electron chi connectivity index (χ0n) is 12.4. The molecule has 0 spiro atoms. The Kier molecular flexibility index (Phi) is 6.06. The zero-order valence-corrected chi connectivity index (χ0v) is 12.4. The maximum Gasteiger partial charge on any atom is 0.147 e. The minimum Gasteiger partial charge on any atom is -0.497 e. The summed E-state index contributed by atoms with van der Waals surface area (Å²) in [6, 6.07) is 15.6. The van der Waals surface area contributed by atoms with E-state index in [-0.39, 0.29) is 6.79 Å². The van der Waals surface area contributed by atoms with Crippen molar-refractivity contribution in [2.45, 2.75) is 13.2 Å². The predicted molar refractivity (Wildman–Crippen MR) is 80.4 cm³/mol. The van der Waals surface area contributed by atoms with E-state index in [2.05, 4.69) is 0 Å². The van der Waals surface area contributed by atoms with Gasteiger partial charge in [-0.15, -0.1) is 0 Å². The number of ether oxygens (including phenoxy) is 4. The van der Waals surface area contributed by atoms with E-state index in [0.29, 0.717) is 13.2 Å². The third-order valence-electron chi connectivity index (χ3n) is 3.02. The molecule has 2 aromatic rings. The lowest BCUT2D eigenvalue weighted by Gasteiger charge is -2.07. The van der Waals surface area contributed by atoms with Crippen molar-refractivity contribution in [3.8, 4) is 11.5 Å². The first-order chi connectivity index (χ1) is 10.3. The number of hydrogen-bond donors (Lipinski definition) is 0. The molecule has 0 unspecified atom stereocenters. The summed E-state index contributed by atoms with van der Waals surface area (Å²) in [6.45, 7) is 1.30. The summed E-state index contributed by atoms with van der Waals surface area (Å²) < 4.78 is 21.2. The third kappa shape index (κ3) is 5.10. The van der Waals surface area contributed by atoms with Gasteiger partial charge in [-0.1, -0.05) is 24.3 Å². The van der Waals surface area contributed by atoms with E-state index in [1.54, 1.807) is 14.2 Å². The van der Waals surface area contributed by atoms with Crippen molar-refractivity contribution in [2.75, 3.05) is 21.0 Å². The summed E-state index contributed by atoms with van der Waals surface area (Å²) in [5.74, 6) is 1.68. The first kappa shape index (κ1) is 15.4. The van der Waals surface area contributed by atoms with Crippen LogP contribution >= 0.6 is 0 Å². The normalized spacial score (nSPS) is 10.4. The van der Waals surface area contributed by atoms with Gasteiger partial charge in [0.05, 0.1) is 27.4 Å². The number of benzene rings is 2. The molecule has 0 aliphatic carbocycles. The molecule has 0 amide bonds. The van der Waals surface area contributed by atoms with Gasteiger partial charge in [0, 0.05) is 0 Å². The molecule has 0 aliphatic rings. The molecule has 4 nitrogen and oxygen atoms in total. The molecule has 0 saturated heterocycles. The maximum atomic E-state index is 5.47. The van der Waals surface area contributed by atoms with Crippen LogP contribution in [0.2, 0.25) is 0 Å². The Hall–Kier alpha value is -2.04. The monoisotopic (exact) mass is 288 g/mol. The van der Waals surface area contributed by atoms with Crippen LogP contribution in [-0.2, 0) is 22.7 Å². The van der Waals surface area contributed by atoms with Crippen LogP contribution in [0.25, 0.3) is 0 Å². The van der Waals surface area contributed by atoms with Gasteiger partial charge in [-0.2, -0.15) is 0 Å². The minimum absolute atomic E-state index is 0.262. The highest BCUT2D eigenvalue weighted by Gasteiger charge is 1.97. The van der Waals surface area contributed by atoms with Crippen LogP contribution in [0.4, 0.5) is 0 Å². The van der Waals surface area contributed by atoms with E-state index in [1.165, 1.54) is 0 Å². The molecule has 112 valence electrons. The van der Waals surface area contributed by atoms with Crippen molar-refractivity contribution in [1.29, 1.82) is 0 Å². The Labute approximate surface area is 125 Å². The molecule has 0 atom stereocenters. The Morgan fingerprint density at radius 3 is 1.33 bits per heavy atom.